The van der Waals surface area contributed by atoms with E-state index in [0.717, 1.165) is 12.8 Å². The predicted molar refractivity (Wildman–Crippen MR) is 100 cm³/mol. The summed E-state index contributed by atoms with van der Waals surface area (Å²) in [5, 5.41) is 8.72. The molecule has 0 radical (unpaired) electrons. The summed E-state index contributed by atoms with van der Waals surface area (Å²) in [6.07, 6.45) is 14.9. The molecule has 2 atom stereocenters. The zero-order valence-electron chi connectivity index (χ0n) is 16.8. The molecular weight excluding hydrogens is 363 g/mol. The second-order valence-corrected chi connectivity index (χ2v) is 8.66. The molecule has 0 spiro atoms. The molecule has 0 saturated heterocycles. The van der Waals surface area contributed by atoms with Crippen LogP contribution in [0.4, 0.5) is 0 Å². The zero-order chi connectivity index (χ0) is 18.3. The van der Waals surface area contributed by atoms with Crippen molar-refractivity contribution in [2.45, 2.75) is 122 Å². The van der Waals surface area contributed by atoms with Gasteiger partial charge in [-0.2, -0.15) is 0 Å². The molecule has 0 aromatic carbocycles. The normalized spacial score (nSPS) is 14.1. The maximum atomic E-state index is 11.3. The van der Waals surface area contributed by atoms with Crippen molar-refractivity contribution in [3.8, 4) is 0 Å². The zero-order valence-corrected chi connectivity index (χ0v) is 20.8. The number of aliphatic hydroxyl groups is 1. The van der Waals surface area contributed by atoms with Crippen LogP contribution in [0.1, 0.15) is 110 Å². The van der Waals surface area contributed by atoms with Gasteiger partial charge in [-0.15, -0.1) is 0 Å². The number of unbranched alkanes of at least 4 members (excludes halogenated alkanes) is 11. The third kappa shape index (κ3) is 17.3. The fourth-order valence-corrected chi connectivity index (χ4v) is 4.17. The van der Waals surface area contributed by atoms with Gasteiger partial charge in [0.05, 0.1) is 11.4 Å². The van der Waals surface area contributed by atoms with Crippen LogP contribution in [-0.2, 0) is 10.1 Å². The Morgan fingerprint density at radius 1 is 0.720 bits per heavy atom. The van der Waals surface area contributed by atoms with Crippen molar-refractivity contribution < 1.29 is 69.5 Å². The molecule has 0 aliphatic rings. The molecule has 0 saturated carbocycles. The molecular formula is C19H39KO4S. The second-order valence-electron chi connectivity index (χ2n) is 7.07. The van der Waals surface area contributed by atoms with Gasteiger partial charge in [0.1, 0.15) is 10.1 Å². The van der Waals surface area contributed by atoms with E-state index in [9.17, 15) is 18.1 Å². The Morgan fingerprint density at radius 3 is 1.48 bits per heavy atom. The first-order valence-electron chi connectivity index (χ1n) is 10.1. The van der Waals surface area contributed by atoms with Crippen molar-refractivity contribution in [1.29, 1.82) is 0 Å². The summed E-state index contributed by atoms with van der Waals surface area (Å²) in [7, 11) is -4.40. The van der Waals surface area contributed by atoms with Crippen LogP contribution in [0.2, 0.25) is 0 Å². The summed E-state index contributed by atoms with van der Waals surface area (Å²) >= 11 is 0. The Labute approximate surface area is 199 Å². The average Bonchev–Trinajstić information content (AvgIpc) is 2.50. The molecule has 4 nitrogen and oxygen atoms in total. The minimum Gasteiger partial charge on any atom is -0.748 e. The Kier molecular flexibility index (Phi) is 21.7. The Hall–Kier alpha value is 1.51. The first-order chi connectivity index (χ1) is 11.4. The van der Waals surface area contributed by atoms with Crippen molar-refractivity contribution >= 4 is 10.1 Å². The van der Waals surface area contributed by atoms with E-state index in [4.69, 9.17) is 0 Å². The van der Waals surface area contributed by atoms with E-state index >= 15 is 0 Å². The standard InChI is InChI=1S/C19H40O4S.K/c1-3-5-6-7-8-9-10-11-12-13-14-15-17-19(24(21,22)23)18(20)16-4-2;/h18-20H,3-17H2,1-2H3,(H,21,22,23);/q;+1/p-1. The molecule has 0 aromatic heterocycles. The second kappa shape index (κ2) is 18.9. The fourth-order valence-electron chi connectivity index (χ4n) is 3.20. The molecule has 146 valence electrons. The van der Waals surface area contributed by atoms with Gasteiger partial charge in [0.2, 0.25) is 0 Å². The average molecular weight is 403 g/mol. The SMILES string of the molecule is CCCCCCCCCCCCCCC(C(O)CCC)S(=O)(=O)[O-].[K+]. The summed E-state index contributed by atoms with van der Waals surface area (Å²) in [6, 6.07) is 0. The van der Waals surface area contributed by atoms with Crippen molar-refractivity contribution in [3.63, 3.8) is 0 Å². The topological polar surface area (TPSA) is 77.4 Å². The Bertz CT molecular complexity index is 374. The van der Waals surface area contributed by atoms with Crippen LogP contribution in [0.5, 0.6) is 0 Å². The number of hydrogen-bond donors (Lipinski definition) is 1. The third-order valence-corrected chi connectivity index (χ3v) is 6.02. The molecule has 0 aliphatic carbocycles. The van der Waals surface area contributed by atoms with Crippen LogP contribution in [0.15, 0.2) is 0 Å². The number of aliphatic hydroxyl groups excluding tert-OH is 1. The molecule has 0 amide bonds. The van der Waals surface area contributed by atoms with E-state index < -0.39 is 21.5 Å². The van der Waals surface area contributed by atoms with Crippen LogP contribution in [0.25, 0.3) is 0 Å². The minimum absolute atomic E-state index is 0. The predicted octanol–water partition coefficient (Wildman–Crippen LogP) is 2.16. The van der Waals surface area contributed by atoms with Crippen molar-refractivity contribution in [1.82, 2.24) is 0 Å². The first-order valence-corrected chi connectivity index (χ1v) is 11.5. The molecule has 1 N–H and O–H groups in total. The van der Waals surface area contributed by atoms with E-state index in [1.54, 1.807) is 0 Å². The molecule has 25 heavy (non-hydrogen) atoms. The largest absolute Gasteiger partial charge is 1.00 e. The Balaban J connectivity index is 0. The van der Waals surface area contributed by atoms with Gasteiger partial charge in [0.25, 0.3) is 0 Å². The molecule has 0 fully saturated rings. The summed E-state index contributed by atoms with van der Waals surface area (Å²) in [5.74, 6) is 0. The summed E-state index contributed by atoms with van der Waals surface area (Å²) in [6.45, 7) is 4.11. The summed E-state index contributed by atoms with van der Waals surface area (Å²) in [4.78, 5) is 0. The van der Waals surface area contributed by atoms with Crippen molar-refractivity contribution in [3.05, 3.63) is 0 Å². The molecule has 6 heteroatoms. The molecule has 0 aromatic rings. The Morgan fingerprint density at radius 2 is 1.12 bits per heavy atom. The monoisotopic (exact) mass is 402 g/mol. The van der Waals surface area contributed by atoms with Gasteiger partial charge >= 0.3 is 51.4 Å². The van der Waals surface area contributed by atoms with Crippen LogP contribution in [0.3, 0.4) is 0 Å². The van der Waals surface area contributed by atoms with Gasteiger partial charge in [0.15, 0.2) is 0 Å². The maximum Gasteiger partial charge on any atom is 1.00 e. The summed E-state index contributed by atoms with van der Waals surface area (Å²) < 4.78 is 33.8. The molecule has 0 bridgehead atoms. The number of rotatable bonds is 17. The van der Waals surface area contributed by atoms with Gasteiger partial charge in [-0.3, -0.25) is 0 Å². The van der Waals surface area contributed by atoms with E-state index in [0.29, 0.717) is 25.7 Å². The minimum atomic E-state index is -4.40. The van der Waals surface area contributed by atoms with Gasteiger partial charge in [-0.05, 0) is 12.8 Å². The van der Waals surface area contributed by atoms with E-state index in [1.165, 1.54) is 57.8 Å². The van der Waals surface area contributed by atoms with Gasteiger partial charge < -0.3 is 9.66 Å². The molecule has 2 unspecified atom stereocenters. The van der Waals surface area contributed by atoms with Crippen LogP contribution >= 0.6 is 0 Å². The van der Waals surface area contributed by atoms with Gasteiger partial charge in [0, 0.05) is 0 Å². The van der Waals surface area contributed by atoms with E-state index in [-0.39, 0.29) is 51.4 Å². The van der Waals surface area contributed by atoms with E-state index in [2.05, 4.69) is 6.92 Å². The first kappa shape index (κ1) is 28.7. The fraction of sp³-hybridized carbons (Fsp3) is 1.00. The van der Waals surface area contributed by atoms with Crippen molar-refractivity contribution in [2.24, 2.45) is 0 Å². The van der Waals surface area contributed by atoms with E-state index in [1.807, 2.05) is 6.92 Å². The van der Waals surface area contributed by atoms with Crippen LogP contribution in [0, 0.1) is 0 Å². The quantitative estimate of drug-likeness (QED) is 0.230. The van der Waals surface area contributed by atoms with Crippen molar-refractivity contribution in [2.75, 3.05) is 0 Å². The number of hydrogen-bond acceptors (Lipinski definition) is 4. The van der Waals surface area contributed by atoms with Crippen LogP contribution in [-0.4, -0.2) is 29.4 Å². The molecule has 0 aliphatic heterocycles. The van der Waals surface area contributed by atoms with Gasteiger partial charge in [-0.1, -0.05) is 97.3 Å². The van der Waals surface area contributed by atoms with Crippen LogP contribution < -0.4 is 51.4 Å². The van der Waals surface area contributed by atoms with Gasteiger partial charge in [-0.25, -0.2) is 8.42 Å². The third-order valence-electron chi connectivity index (χ3n) is 4.73. The smallest absolute Gasteiger partial charge is 0.748 e. The maximum absolute atomic E-state index is 11.3. The molecule has 0 rings (SSSR count). The summed E-state index contributed by atoms with van der Waals surface area (Å²) in [5.41, 5.74) is 0. The molecule has 0 heterocycles.